The maximum atomic E-state index is 13.1. The van der Waals surface area contributed by atoms with Crippen molar-refractivity contribution in [3.05, 3.63) is 84.2 Å². The van der Waals surface area contributed by atoms with Gasteiger partial charge >= 0.3 is 0 Å². The Morgan fingerprint density at radius 3 is 2.56 bits per heavy atom. The van der Waals surface area contributed by atoms with E-state index in [-0.39, 0.29) is 11.8 Å². The highest BCUT2D eigenvalue weighted by Gasteiger charge is 2.36. The molecule has 0 N–H and O–H groups in total. The largest absolute Gasteiger partial charge is 0.492 e. The molecule has 0 bridgehead atoms. The monoisotopic (exact) mass is 455 g/mol. The van der Waals surface area contributed by atoms with E-state index in [4.69, 9.17) is 14.5 Å². The van der Waals surface area contributed by atoms with Crippen molar-refractivity contribution in [2.45, 2.75) is 32.7 Å². The molecule has 6 nitrogen and oxygen atoms in total. The summed E-state index contributed by atoms with van der Waals surface area (Å²) in [5.41, 5.74) is 4.03. The van der Waals surface area contributed by atoms with Crippen molar-refractivity contribution in [2.24, 2.45) is 0 Å². The molecule has 4 aromatic rings. The lowest BCUT2D eigenvalue weighted by molar-refractivity contribution is -0.117. The van der Waals surface area contributed by atoms with Gasteiger partial charge < -0.3 is 18.9 Å². The lowest BCUT2D eigenvalue weighted by Crippen LogP contribution is -2.25. The third kappa shape index (κ3) is 4.36. The first-order valence-electron chi connectivity index (χ1n) is 11.8. The molecule has 0 aliphatic carbocycles. The van der Waals surface area contributed by atoms with Crippen molar-refractivity contribution in [3.8, 4) is 11.5 Å². The van der Waals surface area contributed by atoms with E-state index in [1.54, 1.807) is 0 Å². The standard InChI is InChI=1S/C28H29N3O3/c1-3-33-26-11-7-6-10-25(26)31-19-21(18-27(31)32)28-29-23-8-4-5-9-24(23)30(28)16-17-34-22-14-12-20(2)13-15-22/h4-15,21H,3,16-19H2,1-2H3/t21-/m1/s1. The van der Waals surface area contributed by atoms with Crippen LogP contribution in [-0.2, 0) is 11.3 Å². The summed E-state index contributed by atoms with van der Waals surface area (Å²) in [5, 5.41) is 0. The molecule has 1 amide bonds. The van der Waals surface area contributed by atoms with E-state index in [0.717, 1.165) is 34.0 Å². The number of hydrogen-bond donors (Lipinski definition) is 0. The van der Waals surface area contributed by atoms with Crippen molar-refractivity contribution in [3.63, 3.8) is 0 Å². The smallest absolute Gasteiger partial charge is 0.227 e. The highest BCUT2D eigenvalue weighted by atomic mass is 16.5. The zero-order valence-corrected chi connectivity index (χ0v) is 19.6. The van der Waals surface area contributed by atoms with Gasteiger partial charge in [0.25, 0.3) is 0 Å². The van der Waals surface area contributed by atoms with Crippen molar-refractivity contribution in [1.82, 2.24) is 9.55 Å². The second-order valence-corrected chi connectivity index (χ2v) is 8.58. The summed E-state index contributed by atoms with van der Waals surface area (Å²) in [7, 11) is 0. The molecule has 1 aliphatic heterocycles. The topological polar surface area (TPSA) is 56.6 Å². The number of aryl methyl sites for hydroxylation is 1. The summed E-state index contributed by atoms with van der Waals surface area (Å²) < 4.78 is 14.0. The minimum absolute atomic E-state index is 0.00559. The Kier molecular flexibility index (Phi) is 6.21. The fourth-order valence-corrected chi connectivity index (χ4v) is 4.60. The number of imidazole rings is 1. The SMILES string of the molecule is CCOc1ccccc1N1C[C@H](c2nc3ccccc3n2CCOc2ccc(C)cc2)CC1=O. The Balaban J connectivity index is 1.40. The van der Waals surface area contributed by atoms with E-state index in [2.05, 4.69) is 17.6 Å². The van der Waals surface area contributed by atoms with Gasteiger partial charge in [0.1, 0.15) is 23.9 Å². The van der Waals surface area contributed by atoms with E-state index in [1.807, 2.05) is 78.6 Å². The van der Waals surface area contributed by atoms with Gasteiger partial charge in [0.2, 0.25) is 5.91 Å². The van der Waals surface area contributed by atoms with Gasteiger partial charge in [0.15, 0.2) is 0 Å². The minimum Gasteiger partial charge on any atom is -0.492 e. The number of nitrogens with zero attached hydrogens (tertiary/aromatic N) is 3. The Bertz CT molecular complexity index is 1300. The van der Waals surface area contributed by atoms with Crippen LogP contribution in [0.5, 0.6) is 11.5 Å². The zero-order chi connectivity index (χ0) is 23.5. The highest BCUT2D eigenvalue weighted by Crippen LogP contribution is 2.37. The van der Waals surface area contributed by atoms with Gasteiger partial charge in [0.05, 0.1) is 29.9 Å². The maximum Gasteiger partial charge on any atom is 0.227 e. The summed E-state index contributed by atoms with van der Waals surface area (Å²) in [4.78, 5) is 19.9. The Labute approximate surface area is 199 Å². The third-order valence-corrected chi connectivity index (χ3v) is 6.23. The van der Waals surface area contributed by atoms with Crippen LogP contribution >= 0.6 is 0 Å². The molecule has 0 unspecified atom stereocenters. The van der Waals surface area contributed by atoms with E-state index >= 15 is 0 Å². The number of carbonyl (C=O) groups excluding carboxylic acids is 1. The molecule has 6 heteroatoms. The molecule has 3 aromatic carbocycles. The number of fused-ring (bicyclic) bond motifs is 1. The van der Waals surface area contributed by atoms with Crippen LogP contribution < -0.4 is 14.4 Å². The molecule has 2 heterocycles. The predicted octanol–water partition coefficient (Wildman–Crippen LogP) is 5.34. The van der Waals surface area contributed by atoms with Gasteiger partial charge in [-0.15, -0.1) is 0 Å². The summed E-state index contributed by atoms with van der Waals surface area (Å²) >= 11 is 0. The summed E-state index contributed by atoms with van der Waals surface area (Å²) in [6.07, 6.45) is 0.419. The fourth-order valence-electron chi connectivity index (χ4n) is 4.60. The average Bonchev–Trinajstić information content (AvgIpc) is 3.41. The normalized spacial score (nSPS) is 15.8. The molecule has 174 valence electrons. The minimum atomic E-state index is -0.00559. The fraction of sp³-hybridized carbons (Fsp3) is 0.286. The molecule has 34 heavy (non-hydrogen) atoms. The predicted molar refractivity (Wildman–Crippen MR) is 134 cm³/mol. The molecule has 1 fully saturated rings. The first-order chi connectivity index (χ1) is 16.6. The quantitative estimate of drug-likeness (QED) is 0.360. The first-order valence-corrected chi connectivity index (χ1v) is 11.8. The maximum absolute atomic E-state index is 13.1. The van der Waals surface area contributed by atoms with Crippen molar-refractivity contribution in [1.29, 1.82) is 0 Å². The number of benzene rings is 3. The zero-order valence-electron chi connectivity index (χ0n) is 19.6. The van der Waals surface area contributed by atoms with Crippen LogP contribution in [0.2, 0.25) is 0 Å². The molecule has 0 radical (unpaired) electrons. The van der Waals surface area contributed by atoms with Gasteiger partial charge in [-0.2, -0.15) is 0 Å². The van der Waals surface area contributed by atoms with Crippen molar-refractivity contribution >= 4 is 22.6 Å². The summed E-state index contributed by atoms with van der Waals surface area (Å²) in [6.45, 7) is 6.32. The van der Waals surface area contributed by atoms with Gasteiger partial charge in [0, 0.05) is 18.9 Å². The average molecular weight is 456 g/mol. The number of carbonyl (C=O) groups is 1. The van der Waals surface area contributed by atoms with Crippen LogP contribution in [0.1, 0.15) is 30.7 Å². The third-order valence-electron chi connectivity index (χ3n) is 6.23. The number of anilines is 1. The Morgan fingerprint density at radius 2 is 1.74 bits per heavy atom. The summed E-state index contributed by atoms with van der Waals surface area (Å²) in [5.74, 6) is 2.60. The number of ether oxygens (including phenoxy) is 2. The number of aromatic nitrogens is 2. The van der Waals surface area contributed by atoms with Crippen LogP contribution in [-0.4, -0.2) is 35.2 Å². The van der Waals surface area contributed by atoms with Gasteiger partial charge in [-0.05, 0) is 50.2 Å². The van der Waals surface area contributed by atoms with Gasteiger partial charge in [-0.1, -0.05) is 42.0 Å². The van der Waals surface area contributed by atoms with Crippen LogP contribution in [0.3, 0.4) is 0 Å². The van der Waals surface area contributed by atoms with E-state index in [0.29, 0.717) is 32.7 Å². The first kappa shape index (κ1) is 22.0. The molecular formula is C28H29N3O3. The molecule has 5 rings (SSSR count). The van der Waals surface area contributed by atoms with Crippen LogP contribution in [0.4, 0.5) is 5.69 Å². The lowest BCUT2D eigenvalue weighted by Gasteiger charge is -2.20. The second kappa shape index (κ2) is 9.59. The van der Waals surface area contributed by atoms with Crippen LogP contribution in [0, 0.1) is 6.92 Å². The van der Waals surface area contributed by atoms with E-state index in [9.17, 15) is 4.79 Å². The van der Waals surface area contributed by atoms with Crippen LogP contribution in [0.25, 0.3) is 11.0 Å². The lowest BCUT2D eigenvalue weighted by atomic mass is 10.1. The molecule has 1 atom stereocenters. The molecule has 0 spiro atoms. The molecule has 1 saturated heterocycles. The number of hydrogen-bond acceptors (Lipinski definition) is 4. The van der Waals surface area contributed by atoms with E-state index < -0.39 is 0 Å². The number of para-hydroxylation sites is 4. The van der Waals surface area contributed by atoms with Crippen molar-refractivity contribution in [2.75, 3.05) is 24.7 Å². The second-order valence-electron chi connectivity index (χ2n) is 8.58. The Hall–Kier alpha value is -3.80. The molecule has 1 aliphatic rings. The molecule has 1 aromatic heterocycles. The van der Waals surface area contributed by atoms with Gasteiger partial charge in [-0.25, -0.2) is 4.98 Å². The van der Waals surface area contributed by atoms with Crippen LogP contribution in [0.15, 0.2) is 72.8 Å². The number of rotatable bonds is 8. The molecule has 0 saturated carbocycles. The van der Waals surface area contributed by atoms with E-state index in [1.165, 1.54) is 5.56 Å². The highest BCUT2D eigenvalue weighted by molar-refractivity contribution is 5.97. The van der Waals surface area contributed by atoms with Crippen molar-refractivity contribution < 1.29 is 14.3 Å². The van der Waals surface area contributed by atoms with Gasteiger partial charge in [-0.3, -0.25) is 4.79 Å². The number of amides is 1. The molecular weight excluding hydrogens is 426 g/mol. The summed E-state index contributed by atoms with van der Waals surface area (Å²) in [6, 6.07) is 23.9. The Morgan fingerprint density at radius 1 is 0.971 bits per heavy atom.